The molecule has 0 saturated heterocycles. The van der Waals surface area contributed by atoms with Gasteiger partial charge in [-0.25, -0.2) is 0 Å². The highest BCUT2D eigenvalue weighted by Crippen LogP contribution is 2.05. The lowest BCUT2D eigenvalue weighted by Crippen LogP contribution is -2.38. The molecule has 1 atom stereocenters. The lowest BCUT2D eigenvalue weighted by atomic mass is 10.2. The average Bonchev–Trinajstić information content (AvgIpc) is 3.19. The van der Waals surface area contributed by atoms with Gasteiger partial charge in [-0.15, -0.1) is 34.2 Å². The van der Waals surface area contributed by atoms with Gasteiger partial charge >= 0.3 is 0 Å². The van der Waals surface area contributed by atoms with Crippen LogP contribution < -0.4 is 10.6 Å². The van der Waals surface area contributed by atoms with E-state index in [-0.39, 0.29) is 24.0 Å². The molecule has 1 unspecified atom stereocenters. The lowest BCUT2D eigenvalue weighted by molar-refractivity contribution is 0.0945. The number of nitrogens with zero attached hydrogens (tertiary/aromatic N) is 4. The van der Waals surface area contributed by atoms with Gasteiger partial charge in [-0.1, -0.05) is 43.3 Å². The molecule has 31 heavy (non-hydrogen) atoms. The summed E-state index contributed by atoms with van der Waals surface area (Å²) in [6.07, 6.45) is 3.82. The van der Waals surface area contributed by atoms with Gasteiger partial charge in [-0.05, 0) is 37.0 Å². The molecular weight excluding hydrogens is 503 g/mol. The molecule has 7 nitrogen and oxygen atoms in total. The van der Waals surface area contributed by atoms with Crippen molar-refractivity contribution in [2.24, 2.45) is 10.9 Å². The second kappa shape index (κ2) is 14.0. The van der Waals surface area contributed by atoms with E-state index in [2.05, 4.69) is 46.8 Å². The van der Waals surface area contributed by atoms with Gasteiger partial charge < -0.3 is 15.4 Å². The maximum absolute atomic E-state index is 5.82. The Bertz CT molecular complexity index is 915. The first-order valence-corrected chi connectivity index (χ1v) is 10.7. The summed E-state index contributed by atoms with van der Waals surface area (Å²) in [5.74, 6) is 2.18. The topological polar surface area (TPSA) is 75.8 Å². The van der Waals surface area contributed by atoms with Crippen LogP contribution in [0.15, 0.2) is 59.7 Å². The van der Waals surface area contributed by atoms with Crippen LogP contribution in [0.5, 0.6) is 0 Å². The Labute approximate surface area is 201 Å². The summed E-state index contributed by atoms with van der Waals surface area (Å²) >= 11 is 0. The van der Waals surface area contributed by atoms with Crippen molar-refractivity contribution < 1.29 is 4.74 Å². The number of ether oxygens (including phenoxy) is 1. The minimum absolute atomic E-state index is 0. The third-order valence-electron chi connectivity index (χ3n) is 4.67. The van der Waals surface area contributed by atoms with Gasteiger partial charge in [-0.2, -0.15) is 0 Å². The van der Waals surface area contributed by atoms with E-state index in [1.165, 1.54) is 5.56 Å². The van der Waals surface area contributed by atoms with E-state index >= 15 is 0 Å². The van der Waals surface area contributed by atoms with Crippen LogP contribution in [0.1, 0.15) is 31.7 Å². The number of aliphatic imine (C=N–C) groups is 1. The Hall–Kier alpha value is -2.20. The molecule has 2 N–H and O–H groups in total. The first kappa shape index (κ1) is 25.1. The largest absolute Gasteiger partial charge is 0.376 e. The van der Waals surface area contributed by atoms with Gasteiger partial charge in [-0.3, -0.25) is 9.39 Å². The monoisotopic (exact) mass is 536 g/mol. The molecule has 168 valence electrons. The van der Waals surface area contributed by atoms with E-state index in [1.807, 2.05) is 47.0 Å². The van der Waals surface area contributed by atoms with Gasteiger partial charge in [0.25, 0.3) is 0 Å². The normalized spacial score (nSPS) is 12.4. The second-order valence-electron chi connectivity index (χ2n) is 7.40. The van der Waals surface area contributed by atoms with Gasteiger partial charge in [0, 0.05) is 32.3 Å². The van der Waals surface area contributed by atoms with Crippen molar-refractivity contribution in [1.29, 1.82) is 0 Å². The summed E-state index contributed by atoms with van der Waals surface area (Å²) in [6, 6.07) is 16.2. The quantitative estimate of drug-likeness (QED) is 0.169. The Morgan fingerprint density at radius 1 is 1.10 bits per heavy atom. The van der Waals surface area contributed by atoms with Crippen molar-refractivity contribution in [3.8, 4) is 0 Å². The van der Waals surface area contributed by atoms with E-state index in [0.717, 1.165) is 49.9 Å². The minimum Gasteiger partial charge on any atom is -0.376 e. The Kier molecular flexibility index (Phi) is 11.3. The van der Waals surface area contributed by atoms with Crippen LogP contribution >= 0.6 is 24.0 Å². The molecule has 0 saturated carbocycles. The molecular formula is C23H33IN6O. The number of guanidine groups is 1. The average molecular weight is 536 g/mol. The number of rotatable bonds is 11. The summed E-state index contributed by atoms with van der Waals surface area (Å²) < 4.78 is 7.86. The number of benzene rings is 1. The molecule has 3 aromatic rings. The third kappa shape index (κ3) is 8.45. The van der Waals surface area contributed by atoms with Gasteiger partial charge in [0.05, 0.1) is 13.2 Å². The van der Waals surface area contributed by atoms with Crippen LogP contribution in [-0.4, -0.2) is 46.8 Å². The summed E-state index contributed by atoms with van der Waals surface area (Å²) in [6.45, 7) is 7.95. The minimum atomic E-state index is 0. The zero-order chi connectivity index (χ0) is 21.0. The molecule has 1 aromatic carbocycles. The number of nitrogens with one attached hydrogen (secondary N) is 2. The fourth-order valence-corrected chi connectivity index (χ4v) is 3.11. The van der Waals surface area contributed by atoms with Crippen molar-refractivity contribution >= 4 is 35.6 Å². The number of aromatic nitrogens is 3. The van der Waals surface area contributed by atoms with Crippen LogP contribution in [0.3, 0.4) is 0 Å². The highest BCUT2D eigenvalue weighted by Gasteiger charge is 2.06. The van der Waals surface area contributed by atoms with Crippen LogP contribution in [-0.2, 0) is 17.8 Å². The molecule has 0 amide bonds. The van der Waals surface area contributed by atoms with Gasteiger partial charge in [0.1, 0.15) is 5.82 Å². The Morgan fingerprint density at radius 2 is 1.90 bits per heavy atom. The molecule has 0 radical (unpaired) electrons. The number of halogens is 1. The van der Waals surface area contributed by atoms with Crippen molar-refractivity contribution in [2.45, 2.75) is 33.3 Å². The molecule has 0 aliphatic carbocycles. The highest BCUT2D eigenvalue weighted by molar-refractivity contribution is 14.0. The van der Waals surface area contributed by atoms with Crippen molar-refractivity contribution in [2.75, 3.05) is 26.2 Å². The molecule has 8 heteroatoms. The predicted molar refractivity (Wildman–Crippen MR) is 136 cm³/mol. The summed E-state index contributed by atoms with van der Waals surface area (Å²) in [5.41, 5.74) is 2.09. The SMILES string of the molecule is CCNC(=NCC(C)COCc1ccccc1)NCCCc1nnc2ccccn12.I. The van der Waals surface area contributed by atoms with E-state index in [1.54, 1.807) is 0 Å². The van der Waals surface area contributed by atoms with E-state index < -0.39 is 0 Å². The number of fused-ring (bicyclic) bond motifs is 1. The van der Waals surface area contributed by atoms with Gasteiger partial charge in [0.15, 0.2) is 11.6 Å². The molecule has 0 bridgehead atoms. The number of aryl methyl sites for hydroxylation is 1. The maximum Gasteiger partial charge on any atom is 0.191 e. The van der Waals surface area contributed by atoms with Gasteiger partial charge in [0.2, 0.25) is 0 Å². The van der Waals surface area contributed by atoms with Crippen molar-refractivity contribution in [3.05, 3.63) is 66.1 Å². The Morgan fingerprint density at radius 3 is 2.71 bits per heavy atom. The van der Waals surface area contributed by atoms with E-state index in [9.17, 15) is 0 Å². The van der Waals surface area contributed by atoms with Crippen LogP contribution in [0.2, 0.25) is 0 Å². The smallest absolute Gasteiger partial charge is 0.191 e. The van der Waals surface area contributed by atoms with Crippen molar-refractivity contribution in [1.82, 2.24) is 25.2 Å². The third-order valence-corrected chi connectivity index (χ3v) is 4.67. The number of hydrogen-bond donors (Lipinski definition) is 2. The van der Waals surface area contributed by atoms with Crippen molar-refractivity contribution in [3.63, 3.8) is 0 Å². The lowest BCUT2D eigenvalue weighted by Gasteiger charge is -2.14. The predicted octanol–water partition coefficient (Wildman–Crippen LogP) is 3.69. The first-order valence-electron chi connectivity index (χ1n) is 10.7. The zero-order valence-electron chi connectivity index (χ0n) is 18.3. The molecule has 2 aromatic heterocycles. The number of hydrogen-bond acceptors (Lipinski definition) is 4. The second-order valence-corrected chi connectivity index (χ2v) is 7.40. The summed E-state index contributed by atoms with van der Waals surface area (Å²) in [5, 5.41) is 15.2. The summed E-state index contributed by atoms with van der Waals surface area (Å²) in [7, 11) is 0. The maximum atomic E-state index is 5.82. The fourth-order valence-electron chi connectivity index (χ4n) is 3.11. The molecule has 0 spiro atoms. The van der Waals surface area contributed by atoms with Crippen LogP contribution in [0.25, 0.3) is 5.65 Å². The van der Waals surface area contributed by atoms with Crippen LogP contribution in [0.4, 0.5) is 0 Å². The molecule has 0 aliphatic heterocycles. The van der Waals surface area contributed by atoms with Crippen LogP contribution in [0, 0.1) is 5.92 Å². The summed E-state index contributed by atoms with van der Waals surface area (Å²) in [4.78, 5) is 4.70. The molecule has 0 aliphatic rings. The first-order chi connectivity index (χ1) is 14.8. The fraction of sp³-hybridized carbons (Fsp3) is 0.435. The highest BCUT2D eigenvalue weighted by atomic mass is 127. The van der Waals surface area contributed by atoms with E-state index in [4.69, 9.17) is 9.73 Å². The zero-order valence-corrected chi connectivity index (χ0v) is 20.7. The molecule has 2 heterocycles. The number of pyridine rings is 1. The molecule has 3 rings (SSSR count). The molecule has 0 fully saturated rings. The Balaban J connectivity index is 0.00000341. The van der Waals surface area contributed by atoms with E-state index in [0.29, 0.717) is 19.1 Å². The standard InChI is InChI=1S/C23H32N6O.HI/c1-3-24-23(26-16-19(2)17-30-18-20-10-5-4-6-11-20)25-14-9-13-22-28-27-21-12-7-8-15-29(21)22;/h4-8,10-12,15,19H,3,9,13-14,16-18H2,1-2H3,(H2,24,25,26);1H.